The summed E-state index contributed by atoms with van der Waals surface area (Å²) in [5.74, 6) is 0.449. The van der Waals surface area contributed by atoms with E-state index in [4.69, 9.17) is 23.2 Å². The average Bonchev–Trinajstić information content (AvgIpc) is 2.16. The second kappa shape index (κ2) is 5.42. The van der Waals surface area contributed by atoms with Crippen LogP contribution < -0.4 is 5.32 Å². The second-order valence-electron chi connectivity index (χ2n) is 3.50. The zero-order chi connectivity index (χ0) is 10.6. The molecule has 1 N–H and O–H groups in total. The first kappa shape index (κ1) is 11.6. The van der Waals surface area contributed by atoms with E-state index in [0.717, 1.165) is 5.69 Å². The van der Waals surface area contributed by atoms with Crippen LogP contribution >= 0.6 is 23.2 Å². The summed E-state index contributed by atoms with van der Waals surface area (Å²) < 4.78 is 0. The Morgan fingerprint density at radius 2 is 2.21 bits per heavy atom. The Morgan fingerprint density at radius 1 is 1.50 bits per heavy atom. The minimum absolute atomic E-state index is 0.110. The molecule has 0 bridgehead atoms. The highest BCUT2D eigenvalue weighted by atomic mass is 35.5. The van der Waals surface area contributed by atoms with Crippen LogP contribution in [-0.2, 0) is 0 Å². The van der Waals surface area contributed by atoms with Gasteiger partial charge in [-0.25, -0.2) is 0 Å². The maximum Gasteiger partial charge on any atom is 0.0820 e. The highest BCUT2D eigenvalue weighted by Gasteiger charge is 2.09. The van der Waals surface area contributed by atoms with Crippen LogP contribution in [0.1, 0.15) is 13.8 Å². The zero-order valence-corrected chi connectivity index (χ0v) is 9.81. The van der Waals surface area contributed by atoms with Crippen molar-refractivity contribution in [2.45, 2.75) is 19.2 Å². The van der Waals surface area contributed by atoms with Crippen LogP contribution in [0.25, 0.3) is 0 Å². The molecule has 4 heteroatoms. The number of halogens is 2. The summed E-state index contributed by atoms with van der Waals surface area (Å²) in [4.78, 5) is 3.90. The van der Waals surface area contributed by atoms with E-state index in [9.17, 15) is 0 Å². The van der Waals surface area contributed by atoms with Gasteiger partial charge in [0.05, 0.1) is 16.1 Å². The summed E-state index contributed by atoms with van der Waals surface area (Å²) in [6, 6.07) is 1.84. The number of rotatable bonds is 4. The normalized spacial score (nSPS) is 12.9. The minimum Gasteiger partial charge on any atom is -0.382 e. The number of alkyl halides is 1. The molecule has 0 spiro atoms. The summed E-state index contributed by atoms with van der Waals surface area (Å²) in [6.07, 6.45) is 3.31. The fourth-order valence-electron chi connectivity index (χ4n) is 0.962. The van der Waals surface area contributed by atoms with E-state index in [1.807, 2.05) is 6.07 Å². The van der Waals surface area contributed by atoms with Gasteiger partial charge in [-0.3, -0.25) is 4.98 Å². The molecule has 1 heterocycles. The van der Waals surface area contributed by atoms with E-state index in [1.54, 1.807) is 12.4 Å². The quantitative estimate of drug-likeness (QED) is 0.806. The molecule has 1 atom stereocenters. The van der Waals surface area contributed by atoms with Gasteiger partial charge in [0.1, 0.15) is 0 Å². The van der Waals surface area contributed by atoms with Gasteiger partial charge in [-0.1, -0.05) is 25.4 Å². The first-order chi connectivity index (χ1) is 6.61. The summed E-state index contributed by atoms with van der Waals surface area (Å²) in [5, 5.41) is 3.93. The van der Waals surface area contributed by atoms with Crippen LogP contribution in [0.3, 0.4) is 0 Å². The highest BCUT2D eigenvalue weighted by Crippen LogP contribution is 2.20. The maximum atomic E-state index is 6.10. The number of pyridine rings is 1. The van der Waals surface area contributed by atoms with Gasteiger partial charge in [-0.05, 0) is 12.0 Å². The molecule has 0 saturated carbocycles. The SMILES string of the molecule is CC(C)C(Cl)CNc1ccncc1Cl. The van der Waals surface area contributed by atoms with E-state index in [2.05, 4.69) is 24.1 Å². The molecule has 0 aliphatic heterocycles. The molecular formula is C10H14Cl2N2. The van der Waals surface area contributed by atoms with Crippen molar-refractivity contribution in [3.05, 3.63) is 23.5 Å². The standard InChI is InChI=1S/C10H14Cl2N2/c1-7(2)8(11)6-14-10-3-4-13-5-9(10)12/h3-5,7-8H,6H2,1-2H3,(H,13,14). The number of anilines is 1. The smallest absolute Gasteiger partial charge is 0.0820 e. The molecule has 1 aromatic heterocycles. The van der Waals surface area contributed by atoms with Gasteiger partial charge in [-0.2, -0.15) is 0 Å². The lowest BCUT2D eigenvalue weighted by atomic mass is 10.1. The van der Waals surface area contributed by atoms with Gasteiger partial charge < -0.3 is 5.32 Å². The van der Waals surface area contributed by atoms with E-state index >= 15 is 0 Å². The summed E-state index contributed by atoms with van der Waals surface area (Å²) >= 11 is 12.0. The Bertz CT molecular complexity index is 289. The topological polar surface area (TPSA) is 24.9 Å². The summed E-state index contributed by atoms with van der Waals surface area (Å²) in [7, 11) is 0. The molecule has 1 unspecified atom stereocenters. The fourth-order valence-corrected chi connectivity index (χ4v) is 1.23. The van der Waals surface area contributed by atoms with Crippen molar-refractivity contribution < 1.29 is 0 Å². The third-order valence-corrected chi connectivity index (χ3v) is 2.94. The van der Waals surface area contributed by atoms with Crippen LogP contribution in [0.15, 0.2) is 18.5 Å². The first-order valence-electron chi connectivity index (χ1n) is 4.58. The lowest BCUT2D eigenvalue weighted by molar-refractivity contribution is 0.616. The molecule has 0 fully saturated rings. The summed E-state index contributed by atoms with van der Waals surface area (Å²) in [6.45, 7) is 4.89. The summed E-state index contributed by atoms with van der Waals surface area (Å²) in [5.41, 5.74) is 0.882. The van der Waals surface area contributed by atoms with Gasteiger partial charge in [0.25, 0.3) is 0 Å². The van der Waals surface area contributed by atoms with E-state index in [1.165, 1.54) is 0 Å². The molecule has 78 valence electrons. The third-order valence-electron chi connectivity index (χ3n) is 1.98. The van der Waals surface area contributed by atoms with E-state index in [0.29, 0.717) is 17.5 Å². The number of hydrogen-bond acceptors (Lipinski definition) is 2. The molecule has 14 heavy (non-hydrogen) atoms. The molecule has 0 aliphatic rings. The molecule has 0 aliphatic carbocycles. The van der Waals surface area contributed by atoms with E-state index < -0.39 is 0 Å². The Balaban J connectivity index is 2.50. The van der Waals surface area contributed by atoms with Gasteiger partial charge in [0.2, 0.25) is 0 Å². The Hall–Kier alpha value is -0.470. The lowest BCUT2D eigenvalue weighted by Gasteiger charge is -2.15. The van der Waals surface area contributed by atoms with Crippen molar-refractivity contribution >= 4 is 28.9 Å². The fraction of sp³-hybridized carbons (Fsp3) is 0.500. The zero-order valence-electron chi connectivity index (χ0n) is 8.30. The van der Waals surface area contributed by atoms with Crippen LogP contribution in [-0.4, -0.2) is 16.9 Å². The Morgan fingerprint density at radius 3 is 2.79 bits per heavy atom. The van der Waals surface area contributed by atoms with Crippen LogP contribution in [0.5, 0.6) is 0 Å². The highest BCUT2D eigenvalue weighted by molar-refractivity contribution is 6.33. The molecule has 2 nitrogen and oxygen atoms in total. The van der Waals surface area contributed by atoms with Crippen LogP contribution in [0, 0.1) is 5.92 Å². The van der Waals surface area contributed by atoms with Gasteiger partial charge in [0.15, 0.2) is 0 Å². The van der Waals surface area contributed by atoms with Crippen molar-refractivity contribution in [2.24, 2.45) is 5.92 Å². The molecule has 0 aromatic carbocycles. The largest absolute Gasteiger partial charge is 0.382 e. The van der Waals surface area contributed by atoms with Gasteiger partial charge in [-0.15, -0.1) is 11.6 Å². The number of aromatic nitrogens is 1. The van der Waals surface area contributed by atoms with Crippen LogP contribution in [0.2, 0.25) is 5.02 Å². The van der Waals surface area contributed by atoms with Crippen molar-refractivity contribution in [3.8, 4) is 0 Å². The monoisotopic (exact) mass is 232 g/mol. The molecule has 0 saturated heterocycles. The Kier molecular flexibility index (Phi) is 4.49. The van der Waals surface area contributed by atoms with Crippen molar-refractivity contribution in [1.82, 2.24) is 4.98 Å². The number of nitrogens with one attached hydrogen (secondary N) is 1. The minimum atomic E-state index is 0.110. The third kappa shape index (κ3) is 3.35. The molecule has 1 rings (SSSR count). The molecule has 1 aromatic rings. The molecule has 0 radical (unpaired) electrons. The number of hydrogen-bond donors (Lipinski definition) is 1. The van der Waals surface area contributed by atoms with E-state index in [-0.39, 0.29) is 5.38 Å². The van der Waals surface area contributed by atoms with Gasteiger partial charge >= 0.3 is 0 Å². The first-order valence-corrected chi connectivity index (χ1v) is 5.40. The maximum absolute atomic E-state index is 6.10. The second-order valence-corrected chi connectivity index (χ2v) is 4.46. The van der Waals surface area contributed by atoms with Crippen LogP contribution in [0.4, 0.5) is 5.69 Å². The van der Waals surface area contributed by atoms with Gasteiger partial charge in [0, 0.05) is 18.9 Å². The number of nitrogens with zero attached hydrogens (tertiary/aromatic N) is 1. The predicted octanol–water partition coefficient (Wildman–Crippen LogP) is 3.41. The molecule has 0 amide bonds. The molecular weight excluding hydrogens is 219 g/mol. The lowest BCUT2D eigenvalue weighted by Crippen LogP contribution is -2.19. The van der Waals surface area contributed by atoms with Crippen molar-refractivity contribution in [1.29, 1.82) is 0 Å². The Labute approximate surface area is 94.6 Å². The van der Waals surface area contributed by atoms with Crippen molar-refractivity contribution in [3.63, 3.8) is 0 Å². The average molecular weight is 233 g/mol. The van der Waals surface area contributed by atoms with Crippen molar-refractivity contribution in [2.75, 3.05) is 11.9 Å². The predicted molar refractivity (Wildman–Crippen MR) is 62.2 cm³/mol.